The van der Waals surface area contributed by atoms with Crippen LogP contribution < -0.4 is 10.9 Å². The van der Waals surface area contributed by atoms with Gasteiger partial charge in [-0.15, -0.1) is 0 Å². The Morgan fingerprint density at radius 2 is 1.47 bits per heavy atom. The van der Waals surface area contributed by atoms with Gasteiger partial charge in [-0.2, -0.15) is 0 Å². The lowest BCUT2D eigenvalue weighted by atomic mass is 10.1. The van der Waals surface area contributed by atoms with E-state index in [1.54, 1.807) is 24.3 Å². The molecule has 0 fully saturated rings. The fourth-order valence-corrected chi connectivity index (χ4v) is 3.79. The number of amides is 2. The molecule has 4 rings (SSSR count). The van der Waals surface area contributed by atoms with Gasteiger partial charge in [0.25, 0.3) is 11.1 Å². The van der Waals surface area contributed by atoms with Crippen molar-refractivity contribution in [1.29, 1.82) is 0 Å². The molecular weight excluding hydrogens is 446 g/mol. The van der Waals surface area contributed by atoms with Crippen LogP contribution in [0.2, 0.25) is 5.02 Å². The van der Waals surface area contributed by atoms with E-state index in [4.69, 9.17) is 16.0 Å². The smallest absolute Gasteiger partial charge is 0.271 e. The quantitative estimate of drug-likeness (QED) is 0.302. The van der Waals surface area contributed by atoms with Crippen LogP contribution in [0.1, 0.15) is 10.4 Å². The summed E-state index contributed by atoms with van der Waals surface area (Å²) in [6, 6.07) is 26.0. The normalized spacial score (nSPS) is 10.5. The van der Waals surface area contributed by atoms with Gasteiger partial charge in [0.15, 0.2) is 5.76 Å². The van der Waals surface area contributed by atoms with E-state index in [0.717, 1.165) is 22.9 Å². The second-order valence-electron chi connectivity index (χ2n) is 6.66. The zero-order valence-electron chi connectivity index (χ0n) is 16.7. The van der Waals surface area contributed by atoms with Crippen LogP contribution in [0.25, 0.3) is 22.6 Å². The number of hydrogen-bond acceptors (Lipinski definition) is 5. The Morgan fingerprint density at radius 1 is 0.844 bits per heavy atom. The Balaban J connectivity index is 1.43. The number of thioether (sulfide) groups is 1. The van der Waals surface area contributed by atoms with Gasteiger partial charge in [0.05, 0.1) is 16.3 Å². The third kappa shape index (κ3) is 5.19. The van der Waals surface area contributed by atoms with E-state index in [2.05, 4.69) is 15.8 Å². The van der Waals surface area contributed by atoms with Crippen molar-refractivity contribution in [3.05, 3.63) is 95.5 Å². The third-order valence-electron chi connectivity index (χ3n) is 4.45. The number of hydrazine groups is 1. The zero-order valence-corrected chi connectivity index (χ0v) is 18.3. The van der Waals surface area contributed by atoms with Gasteiger partial charge in [0.2, 0.25) is 5.91 Å². The first-order valence-corrected chi connectivity index (χ1v) is 11.1. The van der Waals surface area contributed by atoms with Gasteiger partial charge in [-0.05, 0) is 12.1 Å². The highest BCUT2D eigenvalue weighted by molar-refractivity contribution is 7.99. The van der Waals surface area contributed by atoms with E-state index < -0.39 is 11.8 Å². The Kier molecular flexibility index (Phi) is 6.89. The fraction of sp³-hybridized carbons (Fsp3) is 0.0417. The van der Waals surface area contributed by atoms with Crippen molar-refractivity contribution in [3.8, 4) is 22.6 Å². The Bertz CT molecular complexity index is 1170. The molecule has 2 amide bonds. The van der Waals surface area contributed by atoms with Gasteiger partial charge in [-0.25, -0.2) is 4.98 Å². The van der Waals surface area contributed by atoms with Crippen molar-refractivity contribution in [2.24, 2.45) is 0 Å². The van der Waals surface area contributed by atoms with Crippen LogP contribution >= 0.6 is 23.4 Å². The molecule has 2 N–H and O–H groups in total. The lowest BCUT2D eigenvalue weighted by Gasteiger charge is -2.07. The highest BCUT2D eigenvalue weighted by atomic mass is 35.5. The van der Waals surface area contributed by atoms with Gasteiger partial charge in [0, 0.05) is 11.1 Å². The van der Waals surface area contributed by atoms with Crippen LogP contribution in [-0.2, 0) is 4.79 Å². The lowest BCUT2D eigenvalue weighted by molar-refractivity contribution is -0.119. The van der Waals surface area contributed by atoms with E-state index in [1.165, 1.54) is 0 Å². The molecule has 3 aromatic carbocycles. The van der Waals surface area contributed by atoms with Crippen molar-refractivity contribution in [1.82, 2.24) is 15.8 Å². The second-order valence-corrected chi connectivity index (χ2v) is 7.99. The number of nitrogens with zero attached hydrogens (tertiary/aromatic N) is 1. The van der Waals surface area contributed by atoms with Gasteiger partial charge in [-0.3, -0.25) is 20.4 Å². The number of oxazole rings is 1. The molecule has 1 heterocycles. The summed E-state index contributed by atoms with van der Waals surface area (Å²) in [7, 11) is 0. The number of nitrogens with one attached hydrogen (secondary N) is 2. The summed E-state index contributed by atoms with van der Waals surface area (Å²) < 4.78 is 5.98. The van der Waals surface area contributed by atoms with Gasteiger partial charge >= 0.3 is 0 Å². The van der Waals surface area contributed by atoms with Crippen molar-refractivity contribution >= 4 is 35.2 Å². The molecule has 0 aliphatic heterocycles. The summed E-state index contributed by atoms with van der Waals surface area (Å²) in [5.74, 6) is -0.267. The third-order valence-corrected chi connectivity index (χ3v) is 5.61. The average Bonchev–Trinajstić information content (AvgIpc) is 3.27. The van der Waals surface area contributed by atoms with Crippen LogP contribution in [-0.4, -0.2) is 22.6 Å². The SMILES string of the molecule is O=C(CSc1nc(-c2ccccc2)c(-c2ccccc2)o1)NNC(=O)c1ccccc1Cl. The van der Waals surface area contributed by atoms with E-state index in [1.807, 2.05) is 60.7 Å². The standard InChI is InChI=1S/C24H18ClN3O3S/c25-19-14-8-7-13-18(19)23(30)28-27-20(29)15-32-24-26-21(16-9-3-1-4-10-16)22(31-24)17-11-5-2-6-12-17/h1-14H,15H2,(H,27,29)(H,28,30). The summed E-state index contributed by atoms with van der Waals surface area (Å²) in [6.07, 6.45) is 0. The molecule has 0 radical (unpaired) electrons. The minimum absolute atomic E-state index is 0.00573. The molecule has 0 saturated heterocycles. The summed E-state index contributed by atoms with van der Waals surface area (Å²) in [6.45, 7) is 0. The first-order valence-electron chi connectivity index (χ1n) is 9.70. The number of rotatable bonds is 6. The van der Waals surface area contributed by atoms with Crippen LogP contribution in [0.3, 0.4) is 0 Å². The Morgan fingerprint density at radius 3 is 2.16 bits per heavy atom. The van der Waals surface area contributed by atoms with Gasteiger partial charge < -0.3 is 4.42 Å². The lowest BCUT2D eigenvalue weighted by Crippen LogP contribution is -2.42. The topological polar surface area (TPSA) is 84.2 Å². The first kappa shape index (κ1) is 21.7. The van der Waals surface area contributed by atoms with E-state index in [9.17, 15) is 9.59 Å². The molecular formula is C24H18ClN3O3S. The maximum atomic E-state index is 12.2. The molecule has 0 bridgehead atoms. The Labute approximate surface area is 194 Å². The molecule has 8 heteroatoms. The van der Waals surface area contributed by atoms with Crippen LogP contribution in [0.5, 0.6) is 0 Å². The monoisotopic (exact) mass is 463 g/mol. The zero-order chi connectivity index (χ0) is 22.3. The molecule has 0 aliphatic carbocycles. The summed E-state index contributed by atoms with van der Waals surface area (Å²) in [4.78, 5) is 29.0. The minimum Gasteiger partial charge on any atom is -0.431 e. The largest absolute Gasteiger partial charge is 0.431 e. The van der Waals surface area contributed by atoms with Crippen molar-refractivity contribution in [2.75, 3.05) is 5.75 Å². The molecule has 0 unspecified atom stereocenters. The minimum atomic E-state index is -0.497. The predicted octanol–water partition coefficient (Wildman–Crippen LogP) is 5.22. The first-order chi connectivity index (χ1) is 15.6. The number of hydrogen-bond donors (Lipinski definition) is 2. The molecule has 0 spiro atoms. The number of carbonyl (C=O) groups is 2. The van der Waals surface area contributed by atoms with Crippen molar-refractivity contribution in [2.45, 2.75) is 5.22 Å². The number of halogens is 1. The molecule has 4 aromatic rings. The fourth-order valence-electron chi connectivity index (χ4n) is 2.94. The maximum absolute atomic E-state index is 12.2. The molecule has 160 valence electrons. The van der Waals surface area contributed by atoms with E-state index in [0.29, 0.717) is 21.7 Å². The number of benzene rings is 3. The van der Waals surface area contributed by atoms with Gasteiger partial charge in [-0.1, -0.05) is 96.2 Å². The summed E-state index contributed by atoms with van der Waals surface area (Å²) in [5, 5.41) is 0.658. The predicted molar refractivity (Wildman–Crippen MR) is 125 cm³/mol. The highest BCUT2D eigenvalue weighted by Gasteiger charge is 2.18. The molecule has 1 aromatic heterocycles. The molecule has 0 atom stereocenters. The molecule has 0 aliphatic rings. The molecule has 32 heavy (non-hydrogen) atoms. The number of aromatic nitrogens is 1. The maximum Gasteiger partial charge on any atom is 0.271 e. The highest BCUT2D eigenvalue weighted by Crippen LogP contribution is 2.35. The van der Waals surface area contributed by atoms with Crippen molar-refractivity contribution < 1.29 is 14.0 Å². The average molecular weight is 464 g/mol. The molecule has 0 saturated carbocycles. The van der Waals surface area contributed by atoms with Gasteiger partial charge in [0.1, 0.15) is 5.69 Å². The second kappa shape index (κ2) is 10.2. The van der Waals surface area contributed by atoms with Crippen molar-refractivity contribution in [3.63, 3.8) is 0 Å². The van der Waals surface area contributed by atoms with Crippen LogP contribution in [0, 0.1) is 0 Å². The summed E-state index contributed by atoms with van der Waals surface area (Å²) in [5.41, 5.74) is 7.51. The Hall–Kier alpha value is -3.55. The van der Waals surface area contributed by atoms with Crippen LogP contribution in [0.4, 0.5) is 0 Å². The summed E-state index contributed by atoms with van der Waals surface area (Å²) >= 11 is 7.13. The van der Waals surface area contributed by atoms with Crippen LogP contribution in [0.15, 0.2) is 94.6 Å². The van der Waals surface area contributed by atoms with E-state index >= 15 is 0 Å². The van der Waals surface area contributed by atoms with E-state index in [-0.39, 0.29) is 11.3 Å². The number of carbonyl (C=O) groups excluding carboxylic acids is 2. The molecule has 6 nitrogen and oxygen atoms in total.